The van der Waals surface area contributed by atoms with Gasteiger partial charge in [0.2, 0.25) is 20.7 Å². The fraction of sp³-hybridized carbons (Fsp3) is 0.450. The lowest BCUT2D eigenvalue weighted by Gasteiger charge is -2.28. The SMILES string of the molecule is COc1cc(C=Cc2nn3c(C4CCN(S(C)(=O)=O)CC4)nnc3s2)cc(OC)c1OC. The van der Waals surface area contributed by atoms with Gasteiger partial charge in [0.1, 0.15) is 5.01 Å². The van der Waals surface area contributed by atoms with Crippen LogP contribution in [0.4, 0.5) is 0 Å². The third-order valence-corrected chi connectivity index (χ3v) is 7.59. The third-order valence-electron chi connectivity index (χ3n) is 5.42. The topological polar surface area (TPSA) is 108 Å². The van der Waals surface area contributed by atoms with E-state index in [4.69, 9.17) is 14.2 Å². The number of benzene rings is 1. The average Bonchev–Trinajstić information content (AvgIpc) is 3.36. The van der Waals surface area contributed by atoms with Crippen molar-refractivity contribution in [1.82, 2.24) is 24.1 Å². The highest BCUT2D eigenvalue weighted by Gasteiger charge is 2.29. The molecule has 0 aliphatic carbocycles. The summed E-state index contributed by atoms with van der Waals surface area (Å²) in [6.45, 7) is 0.965. The lowest BCUT2D eigenvalue weighted by atomic mass is 9.97. The van der Waals surface area contributed by atoms with E-state index >= 15 is 0 Å². The van der Waals surface area contributed by atoms with Crippen molar-refractivity contribution >= 4 is 38.5 Å². The molecule has 1 aliphatic rings. The molecular formula is C20H25N5O5S2. The van der Waals surface area contributed by atoms with Crippen molar-refractivity contribution in [3.63, 3.8) is 0 Å². The molecule has 1 aromatic carbocycles. The number of aromatic nitrogens is 4. The van der Waals surface area contributed by atoms with Gasteiger partial charge in [-0.3, -0.25) is 0 Å². The Balaban J connectivity index is 1.55. The van der Waals surface area contributed by atoms with Gasteiger partial charge in [-0.1, -0.05) is 17.4 Å². The Morgan fingerprint density at radius 2 is 1.69 bits per heavy atom. The van der Waals surface area contributed by atoms with Gasteiger partial charge < -0.3 is 14.2 Å². The summed E-state index contributed by atoms with van der Waals surface area (Å²) in [4.78, 5) is 0.704. The molecule has 0 amide bonds. The number of hydrogen-bond acceptors (Lipinski definition) is 9. The summed E-state index contributed by atoms with van der Waals surface area (Å²) in [5, 5.41) is 14.0. The number of hydrogen-bond donors (Lipinski definition) is 0. The maximum absolute atomic E-state index is 11.8. The highest BCUT2D eigenvalue weighted by atomic mass is 32.2. The van der Waals surface area contributed by atoms with E-state index in [1.807, 2.05) is 24.3 Å². The van der Waals surface area contributed by atoms with Crippen LogP contribution in [0.15, 0.2) is 12.1 Å². The normalized spacial score (nSPS) is 16.1. The van der Waals surface area contributed by atoms with E-state index < -0.39 is 10.0 Å². The lowest BCUT2D eigenvalue weighted by Crippen LogP contribution is -2.37. The fourth-order valence-electron chi connectivity index (χ4n) is 3.78. The number of ether oxygens (including phenoxy) is 3. The van der Waals surface area contributed by atoms with Gasteiger partial charge in [0, 0.05) is 19.0 Å². The van der Waals surface area contributed by atoms with Gasteiger partial charge >= 0.3 is 0 Å². The molecule has 0 radical (unpaired) electrons. The van der Waals surface area contributed by atoms with Gasteiger partial charge in [-0.2, -0.15) is 9.61 Å². The van der Waals surface area contributed by atoms with Crippen molar-refractivity contribution < 1.29 is 22.6 Å². The zero-order chi connectivity index (χ0) is 22.9. The summed E-state index contributed by atoms with van der Waals surface area (Å²) < 4.78 is 42.9. The van der Waals surface area contributed by atoms with Crippen LogP contribution in [0, 0.1) is 0 Å². The summed E-state index contributed by atoms with van der Waals surface area (Å²) in [6, 6.07) is 3.72. The minimum atomic E-state index is -3.16. The molecular weight excluding hydrogens is 454 g/mol. The molecule has 0 unspecified atom stereocenters. The third kappa shape index (κ3) is 4.43. The van der Waals surface area contributed by atoms with Crippen LogP contribution in [0.5, 0.6) is 17.2 Å². The minimum absolute atomic E-state index is 0.122. The van der Waals surface area contributed by atoms with E-state index in [1.54, 1.807) is 25.8 Å². The van der Waals surface area contributed by atoms with Crippen LogP contribution in [-0.2, 0) is 10.0 Å². The molecule has 3 heterocycles. The van der Waals surface area contributed by atoms with Crippen LogP contribution in [-0.4, -0.2) is 73.2 Å². The van der Waals surface area contributed by atoms with Crippen LogP contribution in [0.25, 0.3) is 17.1 Å². The number of piperidine rings is 1. The van der Waals surface area contributed by atoms with E-state index in [0.717, 1.165) is 16.4 Å². The summed E-state index contributed by atoms with van der Waals surface area (Å²) in [5.41, 5.74) is 0.874. The Morgan fingerprint density at radius 1 is 1.03 bits per heavy atom. The van der Waals surface area contributed by atoms with E-state index in [-0.39, 0.29) is 5.92 Å². The highest BCUT2D eigenvalue weighted by Crippen LogP contribution is 2.38. The van der Waals surface area contributed by atoms with Crippen LogP contribution in [0.2, 0.25) is 0 Å². The van der Waals surface area contributed by atoms with Crippen LogP contribution in [0.3, 0.4) is 0 Å². The highest BCUT2D eigenvalue weighted by molar-refractivity contribution is 7.88. The van der Waals surface area contributed by atoms with Crippen molar-refractivity contribution in [3.05, 3.63) is 28.5 Å². The van der Waals surface area contributed by atoms with Crippen molar-refractivity contribution in [2.24, 2.45) is 0 Å². The summed E-state index contributed by atoms with van der Waals surface area (Å²) in [6.07, 6.45) is 6.45. The van der Waals surface area contributed by atoms with Crippen LogP contribution < -0.4 is 14.2 Å². The first-order chi connectivity index (χ1) is 15.3. The Morgan fingerprint density at radius 3 is 2.25 bits per heavy atom. The first-order valence-electron chi connectivity index (χ1n) is 9.99. The summed E-state index contributed by atoms with van der Waals surface area (Å²) in [7, 11) is 1.56. The first-order valence-corrected chi connectivity index (χ1v) is 12.7. The van der Waals surface area contributed by atoms with Gasteiger partial charge in [-0.15, -0.1) is 10.2 Å². The minimum Gasteiger partial charge on any atom is -0.493 e. The molecule has 1 saturated heterocycles. The Kier molecular flexibility index (Phi) is 6.35. The van der Waals surface area contributed by atoms with Gasteiger partial charge in [-0.25, -0.2) is 12.7 Å². The molecule has 0 saturated carbocycles. The maximum Gasteiger partial charge on any atom is 0.234 e. The van der Waals surface area contributed by atoms with Crippen molar-refractivity contribution in [2.45, 2.75) is 18.8 Å². The second-order valence-electron chi connectivity index (χ2n) is 7.42. The number of nitrogens with zero attached hydrogens (tertiary/aromatic N) is 5. The molecule has 12 heteroatoms. The molecule has 32 heavy (non-hydrogen) atoms. The predicted octanol–water partition coefficient (Wildman–Crippen LogP) is 2.52. The van der Waals surface area contributed by atoms with Gasteiger partial charge in [0.25, 0.3) is 0 Å². The van der Waals surface area contributed by atoms with E-state index in [1.165, 1.54) is 21.9 Å². The number of methoxy groups -OCH3 is 3. The maximum atomic E-state index is 11.8. The molecule has 10 nitrogen and oxygen atoms in total. The number of sulfonamides is 1. The largest absolute Gasteiger partial charge is 0.493 e. The molecule has 3 aromatic rings. The molecule has 0 atom stereocenters. The Bertz CT molecular complexity index is 1220. The molecule has 172 valence electrons. The molecule has 1 fully saturated rings. The predicted molar refractivity (Wildman–Crippen MR) is 122 cm³/mol. The van der Waals surface area contributed by atoms with Crippen molar-refractivity contribution in [2.75, 3.05) is 40.7 Å². The molecule has 0 N–H and O–H groups in total. The smallest absolute Gasteiger partial charge is 0.234 e. The standard InChI is InChI=1S/C20H25N5O5S2/c1-28-15-11-13(12-16(29-2)18(15)30-3)5-6-17-23-25-19(21-22-20(25)31-17)14-7-9-24(10-8-14)32(4,26)27/h5-6,11-12,14H,7-10H2,1-4H3. The molecule has 0 spiro atoms. The molecule has 4 rings (SSSR count). The number of rotatable bonds is 7. The summed E-state index contributed by atoms with van der Waals surface area (Å²) >= 11 is 1.43. The summed E-state index contributed by atoms with van der Waals surface area (Å²) in [5.74, 6) is 2.59. The Labute approximate surface area is 190 Å². The second-order valence-corrected chi connectivity index (χ2v) is 10.4. The quantitative estimate of drug-likeness (QED) is 0.509. The molecule has 1 aliphatic heterocycles. The Hall–Kier alpha value is -2.70. The molecule has 2 aromatic heterocycles. The van der Waals surface area contributed by atoms with E-state index in [0.29, 0.717) is 48.1 Å². The van der Waals surface area contributed by atoms with Gasteiger partial charge in [0.15, 0.2) is 17.3 Å². The lowest BCUT2D eigenvalue weighted by molar-refractivity contribution is 0.313. The first kappa shape index (κ1) is 22.5. The zero-order valence-corrected chi connectivity index (χ0v) is 19.9. The van der Waals surface area contributed by atoms with Crippen molar-refractivity contribution in [1.29, 1.82) is 0 Å². The van der Waals surface area contributed by atoms with Crippen LogP contribution in [0.1, 0.15) is 35.2 Å². The van der Waals surface area contributed by atoms with Gasteiger partial charge in [0.05, 0.1) is 27.6 Å². The van der Waals surface area contributed by atoms with Gasteiger partial charge in [-0.05, 0) is 36.6 Å². The zero-order valence-electron chi connectivity index (χ0n) is 18.3. The number of fused-ring (bicyclic) bond motifs is 1. The monoisotopic (exact) mass is 479 g/mol. The second kappa shape index (κ2) is 9.04. The fourth-order valence-corrected chi connectivity index (χ4v) is 5.40. The molecule has 0 bridgehead atoms. The van der Waals surface area contributed by atoms with Crippen LogP contribution >= 0.6 is 11.3 Å². The van der Waals surface area contributed by atoms with Crippen molar-refractivity contribution in [3.8, 4) is 17.2 Å². The van der Waals surface area contributed by atoms with E-state index in [9.17, 15) is 8.42 Å². The average molecular weight is 480 g/mol. The van der Waals surface area contributed by atoms with E-state index in [2.05, 4.69) is 15.3 Å².